The first-order valence-electron chi connectivity index (χ1n) is 11.1. The largest absolute Gasteiger partial charge is 0.484 e. The predicted molar refractivity (Wildman–Crippen MR) is 132 cm³/mol. The van der Waals surface area contributed by atoms with Crippen molar-refractivity contribution in [2.45, 2.75) is 26.7 Å². The van der Waals surface area contributed by atoms with Gasteiger partial charge in [0.25, 0.3) is 5.91 Å². The highest BCUT2D eigenvalue weighted by molar-refractivity contribution is 5.83. The van der Waals surface area contributed by atoms with Crippen LogP contribution >= 0.6 is 0 Å². The van der Waals surface area contributed by atoms with E-state index in [9.17, 15) is 4.79 Å². The van der Waals surface area contributed by atoms with Gasteiger partial charge in [0.05, 0.1) is 6.21 Å². The third-order valence-electron chi connectivity index (χ3n) is 4.98. The SMILES string of the molecule is CCCN(CCC)c1ccc(/C=N\NC(=O)COc2ccc(-c3ccccc3)cc2)cc1. The number of amides is 1. The Labute approximate surface area is 190 Å². The Hall–Kier alpha value is -3.60. The van der Waals surface area contributed by atoms with E-state index in [0.717, 1.165) is 42.6 Å². The second kappa shape index (κ2) is 12.3. The van der Waals surface area contributed by atoms with E-state index in [4.69, 9.17) is 4.74 Å². The van der Waals surface area contributed by atoms with Crippen molar-refractivity contribution in [2.75, 3.05) is 24.6 Å². The van der Waals surface area contributed by atoms with Crippen LogP contribution in [0, 0.1) is 0 Å². The summed E-state index contributed by atoms with van der Waals surface area (Å²) in [6, 6.07) is 26.0. The zero-order chi connectivity index (χ0) is 22.6. The summed E-state index contributed by atoms with van der Waals surface area (Å²) < 4.78 is 5.56. The molecular formula is C27H31N3O2. The highest BCUT2D eigenvalue weighted by atomic mass is 16.5. The van der Waals surface area contributed by atoms with Crippen LogP contribution < -0.4 is 15.1 Å². The molecule has 1 amide bonds. The molecule has 0 unspecified atom stereocenters. The number of anilines is 1. The fourth-order valence-corrected chi connectivity index (χ4v) is 3.42. The Kier molecular flexibility index (Phi) is 8.87. The van der Waals surface area contributed by atoms with Crippen molar-refractivity contribution < 1.29 is 9.53 Å². The maximum Gasteiger partial charge on any atom is 0.277 e. The van der Waals surface area contributed by atoms with E-state index in [-0.39, 0.29) is 12.5 Å². The second-order valence-corrected chi connectivity index (χ2v) is 7.55. The molecule has 0 atom stereocenters. The summed E-state index contributed by atoms with van der Waals surface area (Å²) in [5, 5.41) is 4.04. The lowest BCUT2D eigenvalue weighted by Gasteiger charge is -2.23. The van der Waals surface area contributed by atoms with E-state index in [2.05, 4.69) is 53.5 Å². The van der Waals surface area contributed by atoms with Crippen LogP contribution in [-0.4, -0.2) is 31.8 Å². The molecule has 0 heterocycles. The summed E-state index contributed by atoms with van der Waals surface area (Å²) in [6.07, 6.45) is 3.88. The first-order valence-corrected chi connectivity index (χ1v) is 11.1. The van der Waals surface area contributed by atoms with Gasteiger partial charge in [0.2, 0.25) is 0 Å². The van der Waals surface area contributed by atoms with Crippen LogP contribution in [0.2, 0.25) is 0 Å². The second-order valence-electron chi connectivity index (χ2n) is 7.55. The number of nitrogens with zero attached hydrogens (tertiary/aromatic N) is 2. The van der Waals surface area contributed by atoms with Crippen LogP contribution in [-0.2, 0) is 4.79 Å². The monoisotopic (exact) mass is 429 g/mol. The van der Waals surface area contributed by atoms with Gasteiger partial charge in [-0.3, -0.25) is 4.79 Å². The summed E-state index contributed by atoms with van der Waals surface area (Å²) in [5.74, 6) is 0.338. The smallest absolute Gasteiger partial charge is 0.277 e. The third kappa shape index (κ3) is 6.98. The molecular weight excluding hydrogens is 398 g/mol. The molecule has 0 aliphatic heterocycles. The maximum absolute atomic E-state index is 12.0. The van der Waals surface area contributed by atoms with E-state index < -0.39 is 0 Å². The maximum atomic E-state index is 12.0. The first kappa shape index (κ1) is 23.1. The Bertz CT molecular complexity index is 978. The molecule has 0 saturated carbocycles. The quantitative estimate of drug-likeness (QED) is 0.323. The molecule has 3 aromatic rings. The molecule has 0 radical (unpaired) electrons. The first-order chi connectivity index (χ1) is 15.7. The minimum Gasteiger partial charge on any atom is -0.484 e. The van der Waals surface area contributed by atoms with E-state index in [1.807, 2.05) is 54.6 Å². The average Bonchev–Trinajstić information content (AvgIpc) is 2.84. The Morgan fingerprint density at radius 2 is 1.50 bits per heavy atom. The van der Waals surface area contributed by atoms with Gasteiger partial charge in [-0.05, 0) is 53.8 Å². The van der Waals surface area contributed by atoms with Gasteiger partial charge < -0.3 is 9.64 Å². The number of hydrogen-bond acceptors (Lipinski definition) is 4. The lowest BCUT2D eigenvalue weighted by atomic mass is 10.1. The molecule has 0 bridgehead atoms. The van der Waals surface area contributed by atoms with Crippen molar-refractivity contribution in [3.63, 3.8) is 0 Å². The predicted octanol–water partition coefficient (Wildman–Crippen LogP) is 5.51. The molecule has 0 aromatic heterocycles. The summed E-state index contributed by atoms with van der Waals surface area (Å²) in [6.45, 7) is 6.38. The zero-order valence-corrected chi connectivity index (χ0v) is 18.8. The number of ether oxygens (including phenoxy) is 1. The fraction of sp³-hybridized carbons (Fsp3) is 0.259. The highest BCUT2D eigenvalue weighted by Crippen LogP contribution is 2.22. The van der Waals surface area contributed by atoms with Crippen molar-refractivity contribution in [2.24, 2.45) is 5.10 Å². The van der Waals surface area contributed by atoms with E-state index in [1.165, 1.54) is 5.69 Å². The highest BCUT2D eigenvalue weighted by Gasteiger charge is 2.05. The molecule has 0 aliphatic rings. The number of rotatable bonds is 11. The van der Waals surface area contributed by atoms with Gasteiger partial charge >= 0.3 is 0 Å². The number of carbonyl (C=O) groups is 1. The van der Waals surface area contributed by atoms with Gasteiger partial charge in [-0.1, -0.05) is 68.4 Å². The van der Waals surface area contributed by atoms with Gasteiger partial charge in [0, 0.05) is 18.8 Å². The van der Waals surface area contributed by atoms with Crippen LogP contribution in [0.4, 0.5) is 5.69 Å². The number of benzene rings is 3. The van der Waals surface area contributed by atoms with E-state index in [1.54, 1.807) is 6.21 Å². The molecule has 5 nitrogen and oxygen atoms in total. The van der Waals surface area contributed by atoms with E-state index >= 15 is 0 Å². The standard InChI is InChI=1S/C27H31N3O2/c1-3-18-30(19-4-2)25-14-10-22(11-15-25)20-28-29-27(31)21-32-26-16-12-24(13-17-26)23-8-6-5-7-9-23/h5-17,20H,3-4,18-19,21H2,1-2H3,(H,29,31)/b28-20-. The Balaban J connectivity index is 1.45. The summed E-state index contributed by atoms with van der Waals surface area (Å²) in [4.78, 5) is 14.4. The molecule has 1 N–H and O–H groups in total. The molecule has 0 aliphatic carbocycles. The third-order valence-corrected chi connectivity index (χ3v) is 4.98. The van der Waals surface area contributed by atoms with E-state index in [0.29, 0.717) is 5.75 Å². The van der Waals surface area contributed by atoms with Crippen LogP contribution in [0.25, 0.3) is 11.1 Å². The lowest BCUT2D eigenvalue weighted by Crippen LogP contribution is -2.25. The molecule has 3 aromatic carbocycles. The molecule has 5 heteroatoms. The van der Waals surface area contributed by atoms with Crippen LogP contribution in [0.3, 0.4) is 0 Å². The minimum atomic E-state index is -0.304. The summed E-state index contributed by atoms with van der Waals surface area (Å²) in [5.41, 5.74) is 6.90. The summed E-state index contributed by atoms with van der Waals surface area (Å²) in [7, 11) is 0. The molecule has 0 spiro atoms. The lowest BCUT2D eigenvalue weighted by molar-refractivity contribution is -0.123. The summed E-state index contributed by atoms with van der Waals surface area (Å²) >= 11 is 0. The van der Waals surface area contributed by atoms with Gasteiger partial charge in [-0.15, -0.1) is 0 Å². The van der Waals surface area contributed by atoms with Crippen molar-refractivity contribution in [3.05, 3.63) is 84.4 Å². The molecule has 32 heavy (non-hydrogen) atoms. The fourth-order valence-electron chi connectivity index (χ4n) is 3.42. The number of nitrogens with one attached hydrogen (secondary N) is 1. The van der Waals surface area contributed by atoms with Crippen molar-refractivity contribution in [1.29, 1.82) is 0 Å². The van der Waals surface area contributed by atoms with Gasteiger partial charge in [-0.25, -0.2) is 5.43 Å². The van der Waals surface area contributed by atoms with Crippen molar-refractivity contribution >= 4 is 17.8 Å². The molecule has 0 fully saturated rings. The molecule has 0 saturated heterocycles. The normalized spacial score (nSPS) is 10.8. The van der Waals surface area contributed by atoms with Crippen LogP contribution in [0.1, 0.15) is 32.3 Å². The van der Waals surface area contributed by atoms with Gasteiger partial charge in [-0.2, -0.15) is 5.10 Å². The van der Waals surface area contributed by atoms with Gasteiger partial charge in [0.15, 0.2) is 6.61 Å². The topological polar surface area (TPSA) is 53.9 Å². The number of hydrazone groups is 1. The minimum absolute atomic E-state index is 0.0933. The van der Waals surface area contributed by atoms with Crippen molar-refractivity contribution in [1.82, 2.24) is 5.43 Å². The molecule has 3 rings (SSSR count). The van der Waals surface area contributed by atoms with Crippen LogP contribution in [0.15, 0.2) is 84.0 Å². The Morgan fingerprint density at radius 3 is 2.12 bits per heavy atom. The van der Waals surface area contributed by atoms with Crippen molar-refractivity contribution in [3.8, 4) is 16.9 Å². The van der Waals surface area contributed by atoms with Gasteiger partial charge in [0.1, 0.15) is 5.75 Å². The molecule has 166 valence electrons. The number of hydrogen-bond donors (Lipinski definition) is 1. The van der Waals surface area contributed by atoms with Crippen LogP contribution in [0.5, 0.6) is 5.75 Å². The zero-order valence-electron chi connectivity index (χ0n) is 18.8. The average molecular weight is 430 g/mol. The number of carbonyl (C=O) groups excluding carboxylic acids is 1. The Morgan fingerprint density at radius 1 is 0.875 bits per heavy atom.